The predicted molar refractivity (Wildman–Crippen MR) is 147 cm³/mol. The first kappa shape index (κ1) is 33.5. The van der Waals surface area contributed by atoms with Gasteiger partial charge in [0.15, 0.2) is 0 Å². The second kappa shape index (κ2) is 25.9. The van der Waals surface area contributed by atoms with E-state index < -0.39 is 0 Å². The average Bonchev–Trinajstić information content (AvgIpc) is 2.79. The molecule has 0 aliphatic carbocycles. The molecule has 0 radical (unpaired) electrons. The fourth-order valence-electron chi connectivity index (χ4n) is 1.82. The third-order valence-electron chi connectivity index (χ3n) is 3.32. The number of hydrogen-bond acceptors (Lipinski definition) is 4. The lowest BCUT2D eigenvalue weighted by Crippen LogP contribution is -1.82. The van der Waals surface area contributed by atoms with Gasteiger partial charge in [0.2, 0.25) is 0 Å². The molecular formula is C27H41NOS2. The number of terminal acetylenes is 1. The van der Waals surface area contributed by atoms with Crippen LogP contribution in [-0.4, -0.2) is 12.5 Å². The maximum Gasteiger partial charge on any atom is 0.106 e. The SMILES string of the molecule is C#CCC.C=C(SCCCC)Sc1ccccc1C.C=O.CC.Cc1cccc(N)c1. The van der Waals surface area contributed by atoms with Crippen LogP contribution in [0.15, 0.2) is 64.2 Å². The van der Waals surface area contributed by atoms with Crippen LogP contribution in [0.4, 0.5) is 5.69 Å². The van der Waals surface area contributed by atoms with Gasteiger partial charge in [-0.05, 0) is 55.3 Å². The Hall–Kier alpha value is -2.09. The molecule has 0 unspecified atom stereocenters. The summed E-state index contributed by atoms with van der Waals surface area (Å²) in [6.45, 7) is 18.4. The maximum absolute atomic E-state index is 8.00. The number of rotatable bonds is 6. The predicted octanol–water partition coefficient (Wildman–Crippen LogP) is 8.54. The van der Waals surface area contributed by atoms with Crippen molar-refractivity contribution in [2.75, 3.05) is 11.5 Å². The van der Waals surface area contributed by atoms with Gasteiger partial charge in [0.1, 0.15) is 6.79 Å². The number of nitrogens with two attached hydrogens (primary N) is 1. The fraction of sp³-hybridized carbons (Fsp3) is 0.370. The van der Waals surface area contributed by atoms with Crippen LogP contribution < -0.4 is 5.73 Å². The molecule has 0 aromatic heterocycles. The number of anilines is 1. The van der Waals surface area contributed by atoms with Crippen molar-refractivity contribution in [1.82, 2.24) is 0 Å². The molecular weight excluding hydrogens is 418 g/mol. The lowest BCUT2D eigenvalue weighted by atomic mass is 10.2. The molecule has 0 aliphatic rings. The minimum Gasteiger partial charge on any atom is -0.399 e. The number of aryl methyl sites for hydroxylation is 2. The van der Waals surface area contributed by atoms with E-state index in [1.807, 2.05) is 70.5 Å². The Morgan fingerprint density at radius 1 is 1.06 bits per heavy atom. The monoisotopic (exact) mass is 459 g/mol. The largest absolute Gasteiger partial charge is 0.399 e. The van der Waals surface area contributed by atoms with Crippen LogP contribution in [0.1, 0.15) is 58.1 Å². The Labute approximate surface area is 200 Å². The van der Waals surface area contributed by atoms with Gasteiger partial charge in [0, 0.05) is 21.2 Å². The second-order valence-electron chi connectivity index (χ2n) is 5.91. The third kappa shape index (κ3) is 22.4. The fourth-order valence-corrected chi connectivity index (χ4v) is 3.86. The second-order valence-corrected chi connectivity index (χ2v) is 8.50. The lowest BCUT2D eigenvalue weighted by molar-refractivity contribution is -0.0979. The van der Waals surface area contributed by atoms with E-state index in [1.165, 1.54) is 38.9 Å². The Morgan fingerprint density at radius 2 is 1.65 bits per heavy atom. The van der Waals surface area contributed by atoms with Crippen LogP contribution in [0.2, 0.25) is 0 Å². The smallest absolute Gasteiger partial charge is 0.106 e. The van der Waals surface area contributed by atoms with Crippen LogP contribution in [0, 0.1) is 26.2 Å². The summed E-state index contributed by atoms with van der Waals surface area (Å²) in [5, 5.41) is 0. The van der Waals surface area contributed by atoms with Crippen molar-refractivity contribution in [2.24, 2.45) is 0 Å². The van der Waals surface area contributed by atoms with Gasteiger partial charge in [-0.15, -0.1) is 24.1 Å². The van der Waals surface area contributed by atoms with Crippen LogP contribution in [0.3, 0.4) is 0 Å². The Balaban J connectivity index is -0.000000410. The van der Waals surface area contributed by atoms with E-state index in [1.54, 1.807) is 11.8 Å². The number of unbranched alkanes of at least 4 members (excludes halogenated alkanes) is 1. The van der Waals surface area contributed by atoms with Gasteiger partial charge in [0.25, 0.3) is 0 Å². The van der Waals surface area contributed by atoms with Crippen LogP contribution in [0.25, 0.3) is 0 Å². The maximum atomic E-state index is 8.00. The number of hydrogen-bond donors (Lipinski definition) is 1. The van der Waals surface area contributed by atoms with Crippen LogP contribution in [-0.2, 0) is 4.79 Å². The van der Waals surface area contributed by atoms with Crippen molar-refractivity contribution in [3.05, 3.63) is 70.5 Å². The molecule has 0 atom stereocenters. The standard InChI is InChI=1S/C13H18S2.C7H9N.C4H6.C2H6.CH2O/c1-4-5-10-14-12(3)15-13-9-7-6-8-11(13)2;1-6-3-2-4-7(8)5-6;1-3-4-2;2*1-2/h6-9H,3-5,10H2,1-2H3;2-5H,8H2,1H3;1H,4H2,2H3;1-2H3;1H2. The molecule has 2 rings (SSSR count). The lowest BCUT2D eigenvalue weighted by Gasteiger charge is -2.06. The topological polar surface area (TPSA) is 43.1 Å². The number of carbonyl (C=O) groups excluding carboxylic acids is 1. The summed E-state index contributed by atoms with van der Waals surface area (Å²) < 4.78 is 1.21. The van der Waals surface area contributed by atoms with E-state index in [-0.39, 0.29) is 0 Å². The van der Waals surface area contributed by atoms with E-state index in [4.69, 9.17) is 17.0 Å². The summed E-state index contributed by atoms with van der Waals surface area (Å²) in [4.78, 5) is 9.33. The molecule has 0 aliphatic heterocycles. The molecule has 172 valence electrons. The van der Waals surface area contributed by atoms with E-state index in [0.29, 0.717) is 0 Å². The van der Waals surface area contributed by atoms with Crippen molar-refractivity contribution < 1.29 is 4.79 Å². The molecule has 0 bridgehead atoms. The zero-order valence-electron chi connectivity index (χ0n) is 20.2. The van der Waals surface area contributed by atoms with Gasteiger partial charge in [-0.25, -0.2) is 0 Å². The molecule has 0 saturated heterocycles. The normalized spacial score (nSPS) is 8.29. The van der Waals surface area contributed by atoms with Gasteiger partial charge >= 0.3 is 0 Å². The highest BCUT2D eigenvalue weighted by atomic mass is 32.2. The minimum atomic E-state index is 0.838. The van der Waals surface area contributed by atoms with Gasteiger partial charge in [-0.1, -0.05) is 82.8 Å². The molecule has 2 aromatic carbocycles. The Morgan fingerprint density at radius 3 is 2.06 bits per heavy atom. The molecule has 0 fully saturated rings. The highest BCUT2D eigenvalue weighted by molar-refractivity contribution is 8.22. The van der Waals surface area contributed by atoms with E-state index >= 15 is 0 Å². The molecule has 2 aromatic rings. The summed E-state index contributed by atoms with van der Waals surface area (Å²) >= 11 is 3.66. The van der Waals surface area contributed by atoms with Crippen molar-refractivity contribution in [1.29, 1.82) is 0 Å². The first-order chi connectivity index (χ1) is 14.9. The molecule has 4 heteroatoms. The van der Waals surface area contributed by atoms with Gasteiger partial charge < -0.3 is 10.5 Å². The van der Waals surface area contributed by atoms with Crippen molar-refractivity contribution >= 4 is 36.0 Å². The molecule has 2 N–H and O–H groups in total. The first-order valence-corrected chi connectivity index (χ1v) is 12.3. The van der Waals surface area contributed by atoms with Gasteiger partial charge in [-0.3, -0.25) is 0 Å². The Kier molecular flexibility index (Phi) is 28.1. The van der Waals surface area contributed by atoms with E-state index in [9.17, 15) is 0 Å². The quantitative estimate of drug-likeness (QED) is 0.203. The number of benzene rings is 2. The van der Waals surface area contributed by atoms with Crippen LogP contribution in [0.5, 0.6) is 0 Å². The molecule has 0 heterocycles. The highest BCUT2D eigenvalue weighted by Crippen LogP contribution is 2.35. The number of thioether (sulfide) groups is 2. The van der Waals surface area contributed by atoms with E-state index in [0.717, 1.165) is 12.1 Å². The average molecular weight is 460 g/mol. The molecule has 31 heavy (non-hydrogen) atoms. The number of nitrogen functional groups attached to an aromatic ring is 1. The molecule has 0 amide bonds. The summed E-state index contributed by atoms with van der Waals surface area (Å²) in [6, 6.07) is 16.3. The molecule has 0 spiro atoms. The summed E-state index contributed by atoms with van der Waals surface area (Å²) in [5.74, 6) is 3.62. The zero-order chi connectivity index (χ0) is 24.5. The van der Waals surface area contributed by atoms with Crippen LogP contribution >= 0.6 is 23.5 Å². The first-order valence-electron chi connectivity index (χ1n) is 10.5. The van der Waals surface area contributed by atoms with Crippen molar-refractivity contribution in [3.8, 4) is 12.3 Å². The zero-order valence-corrected chi connectivity index (χ0v) is 21.9. The van der Waals surface area contributed by atoms with Gasteiger partial charge in [-0.2, -0.15) is 0 Å². The molecule has 2 nitrogen and oxygen atoms in total. The minimum absolute atomic E-state index is 0.838. The third-order valence-corrected chi connectivity index (χ3v) is 5.65. The summed E-state index contributed by atoms with van der Waals surface area (Å²) in [5.41, 5.74) is 8.84. The van der Waals surface area contributed by atoms with E-state index in [2.05, 4.69) is 50.6 Å². The summed E-state index contributed by atoms with van der Waals surface area (Å²) in [7, 11) is 0. The van der Waals surface area contributed by atoms with Crippen molar-refractivity contribution in [3.63, 3.8) is 0 Å². The summed E-state index contributed by atoms with van der Waals surface area (Å²) in [6.07, 6.45) is 8.16. The Bertz CT molecular complexity index is 706. The number of carbonyl (C=O) groups is 1. The van der Waals surface area contributed by atoms with Crippen molar-refractivity contribution in [2.45, 2.75) is 65.7 Å². The van der Waals surface area contributed by atoms with Gasteiger partial charge in [0.05, 0.1) is 0 Å². The molecule has 0 saturated carbocycles. The highest BCUT2D eigenvalue weighted by Gasteiger charge is 2.01.